The Balaban J connectivity index is 3.18. The molecule has 2 N–H and O–H groups in total. The molecule has 0 bridgehead atoms. The van der Waals surface area contributed by atoms with Crippen LogP contribution in [-0.4, -0.2) is 20.8 Å². The lowest BCUT2D eigenvalue weighted by atomic mass is 10.0. The van der Waals surface area contributed by atoms with Crippen molar-refractivity contribution in [3.8, 4) is 11.5 Å². The van der Waals surface area contributed by atoms with E-state index in [2.05, 4.69) is 22.5 Å². The second-order valence-corrected chi connectivity index (χ2v) is 4.10. The summed E-state index contributed by atoms with van der Waals surface area (Å²) >= 11 is 3.50. The van der Waals surface area contributed by atoms with Gasteiger partial charge in [0.15, 0.2) is 11.5 Å². The van der Waals surface area contributed by atoms with Gasteiger partial charge in [0.1, 0.15) is 0 Å². The third kappa shape index (κ3) is 2.57. The maximum atomic E-state index is 5.51. The molecular formula is C12H16BrNO2. The summed E-state index contributed by atoms with van der Waals surface area (Å²) in [6.45, 7) is 4.58. The number of hydrogen-bond donors (Lipinski definition) is 1. The molecule has 4 heteroatoms. The molecule has 0 atom stereocenters. The zero-order chi connectivity index (χ0) is 12.1. The molecule has 16 heavy (non-hydrogen) atoms. The summed E-state index contributed by atoms with van der Waals surface area (Å²) in [6.07, 6.45) is 0.758. The van der Waals surface area contributed by atoms with Gasteiger partial charge in [0.05, 0.1) is 18.7 Å². The van der Waals surface area contributed by atoms with Crippen molar-refractivity contribution in [1.29, 1.82) is 0 Å². The second kappa shape index (κ2) is 5.92. The first-order chi connectivity index (χ1) is 7.65. The SMILES string of the molecule is C=C(CCN)c1ccc(OC)c(OC)c1Br. The molecule has 0 fully saturated rings. The van der Waals surface area contributed by atoms with Gasteiger partial charge in [0.2, 0.25) is 0 Å². The van der Waals surface area contributed by atoms with Crippen molar-refractivity contribution in [3.63, 3.8) is 0 Å². The Morgan fingerprint density at radius 2 is 2.06 bits per heavy atom. The van der Waals surface area contributed by atoms with Crippen molar-refractivity contribution in [2.45, 2.75) is 6.42 Å². The molecule has 1 rings (SSSR count). The highest BCUT2D eigenvalue weighted by atomic mass is 79.9. The number of rotatable bonds is 5. The van der Waals surface area contributed by atoms with Gasteiger partial charge < -0.3 is 15.2 Å². The predicted octanol–water partition coefficient (Wildman–Crippen LogP) is 2.83. The molecule has 3 nitrogen and oxygen atoms in total. The molecule has 0 amide bonds. The minimum atomic E-state index is 0.583. The lowest BCUT2D eigenvalue weighted by Crippen LogP contribution is -2.00. The lowest BCUT2D eigenvalue weighted by molar-refractivity contribution is 0.353. The van der Waals surface area contributed by atoms with E-state index < -0.39 is 0 Å². The van der Waals surface area contributed by atoms with Crippen LogP contribution in [0.3, 0.4) is 0 Å². The van der Waals surface area contributed by atoms with E-state index in [1.807, 2.05) is 12.1 Å². The number of hydrogen-bond acceptors (Lipinski definition) is 3. The van der Waals surface area contributed by atoms with E-state index in [4.69, 9.17) is 15.2 Å². The molecule has 0 aliphatic carbocycles. The third-order valence-electron chi connectivity index (χ3n) is 2.31. The Labute approximate surface area is 104 Å². The van der Waals surface area contributed by atoms with Crippen LogP contribution in [0, 0.1) is 0 Å². The van der Waals surface area contributed by atoms with Crippen LogP contribution in [0.25, 0.3) is 5.57 Å². The van der Waals surface area contributed by atoms with Gasteiger partial charge in [-0.1, -0.05) is 6.58 Å². The van der Waals surface area contributed by atoms with E-state index in [1.165, 1.54) is 0 Å². The first-order valence-electron chi connectivity index (χ1n) is 4.94. The van der Waals surface area contributed by atoms with Crippen LogP contribution in [0.4, 0.5) is 0 Å². The summed E-state index contributed by atoms with van der Waals surface area (Å²) < 4.78 is 11.3. The highest BCUT2D eigenvalue weighted by Crippen LogP contribution is 2.40. The largest absolute Gasteiger partial charge is 0.493 e. The van der Waals surface area contributed by atoms with Crippen molar-refractivity contribution in [1.82, 2.24) is 0 Å². The molecule has 1 aromatic carbocycles. The number of halogens is 1. The fourth-order valence-corrected chi connectivity index (χ4v) is 2.24. The van der Waals surface area contributed by atoms with Gasteiger partial charge in [-0.3, -0.25) is 0 Å². The van der Waals surface area contributed by atoms with Crippen LogP contribution in [0.15, 0.2) is 23.2 Å². The third-order valence-corrected chi connectivity index (χ3v) is 3.10. The minimum Gasteiger partial charge on any atom is -0.493 e. The first-order valence-corrected chi connectivity index (χ1v) is 5.73. The summed E-state index contributed by atoms with van der Waals surface area (Å²) in [5.74, 6) is 1.37. The summed E-state index contributed by atoms with van der Waals surface area (Å²) in [5, 5.41) is 0. The number of methoxy groups -OCH3 is 2. The number of ether oxygens (including phenoxy) is 2. The molecular weight excluding hydrogens is 270 g/mol. The quantitative estimate of drug-likeness (QED) is 0.905. The topological polar surface area (TPSA) is 44.5 Å². The predicted molar refractivity (Wildman–Crippen MR) is 70.0 cm³/mol. The van der Waals surface area contributed by atoms with Crippen molar-refractivity contribution in [3.05, 3.63) is 28.7 Å². The van der Waals surface area contributed by atoms with Crippen molar-refractivity contribution in [2.24, 2.45) is 5.73 Å². The van der Waals surface area contributed by atoms with Crippen molar-refractivity contribution >= 4 is 21.5 Å². The molecule has 0 aromatic heterocycles. The molecule has 0 spiro atoms. The summed E-state index contributed by atoms with van der Waals surface area (Å²) in [7, 11) is 3.22. The molecule has 1 aromatic rings. The van der Waals surface area contributed by atoms with E-state index in [1.54, 1.807) is 14.2 Å². The highest BCUT2D eigenvalue weighted by molar-refractivity contribution is 9.10. The Hall–Kier alpha value is -1.00. The summed E-state index contributed by atoms with van der Waals surface area (Å²) in [5.41, 5.74) is 7.50. The summed E-state index contributed by atoms with van der Waals surface area (Å²) in [4.78, 5) is 0. The highest BCUT2D eigenvalue weighted by Gasteiger charge is 2.13. The van der Waals surface area contributed by atoms with Crippen LogP contribution in [0.2, 0.25) is 0 Å². The zero-order valence-electron chi connectivity index (χ0n) is 9.55. The maximum absolute atomic E-state index is 5.51. The Morgan fingerprint density at radius 1 is 1.38 bits per heavy atom. The molecule has 0 aliphatic rings. The zero-order valence-corrected chi connectivity index (χ0v) is 11.1. The van der Waals surface area contributed by atoms with Gasteiger partial charge in [-0.25, -0.2) is 0 Å². The molecule has 88 valence electrons. The normalized spacial score (nSPS) is 10.0. The molecule has 0 heterocycles. The maximum Gasteiger partial charge on any atom is 0.175 e. The number of nitrogens with two attached hydrogens (primary N) is 1. The molecule has 0 aliphatic heterocycles. The van der Waals surface area contributed by atoms with Crippen LogP contribution < -0.4 is 15.2 Å². The molecule has 0 radical (unpaired) electrons. The van der Waals surface area contributed by atoms with Crippen LogP contribution >= 0.6 is 15.9 Å². The molecule has 0 saturated heterocycles. The van der Waals surface area contributed by atoms with E-state index >= 15 is 0 Å². The standard InChI is InChI=1S/C12H16BrNO2/c1-8(6-7-14)9-4-5-10(15-2)12(16-3)11(9)13/h4-5H,1,6-7,14H2,2-3H3. The number of benzene rings is 1. The fourth-order valence-electron chi connectivity index (χ4n) is 1.47. The average molecular weight is 286 g/mol. The minimum absolute atomic E-state index is 0.583. The monoisotopic (exact) mass is 285 g/mol. The van der Waals surface area contributed by atoms with E-state index in [9.17, 15) is 0 Å². The van der Waals surface area contributed by atoms with E-state index in [-0.39, 0.29) is 0 Å². The van der Waals surface area contributed by atoms with E-state index in [0.717, 1.165) is 22.0 Å². The van der Waals surface area contributed by atoms with Gasteiger partial charge in [-0.2, -0.15) is 0 Å². The average Bonchev–Trinajstić information content (AvgIpc) is 2.28. The molecule has 0 saturated carbocycles. The van der Waals surface area contributed by atoms with Gasteiger partial charge in [0, 0.05) is 0 Å². The van der Waals surface area contributed by atoms with Gasteiger partial charge in [-0.15, -0.1) is 0 Å². The lowest BCUT2D eigenvalue weighted by Gasteiger charge is -2.14. The van der Waals surface area contributed by atoms with Crippen LogP contribution in [-0.2, 0) is 0 Å². The van der Waals surface area contributed by atoms with Crippen LogP contribution in [0.1, 0.15) is 12.0 Å². The summed E-state index contributed by atoms with van der Waals surface area (Å²) in [6, 6.07) is 3.81. The molecule has 0 unspecified atom stereocenters. The Morgan fingerprint density at radius 3 is 2.56 bits per heavy atom. The smallest absolute Gasteiger partial charge is 0.175 e. The Bertz CT molecular complexity index is 391. The fraction of sp³-hybridized carbons (Fsp3) is 0.333. The van der Waals surface area contributed by atoms with Gasteiger partial charge >= 0.3 is 0 Å². The first kappa shape index (κ1) is 13.1. The van der Waals surface area contributed by atoms with Gasteiger partial charge in [-0.05, 0) is 52.2 Å². The second-order valence-electron chi connectivity index (χ2n) is 3.30. The van der Waals surface area contributed by atoms with Crippen molar-refractivity contribution in [2.75, 3.05) is 20.8 Å². The van der Waals surface area contributed by atoms with E-state index in [0.29, 0.717) is 18.0 Å². The van der Waals surface area contributed by atoms with Gasteiger partial charge in [0.25, 0.3) is 0 Å². The van der Waals surface area contributed by atoms with Crippen LogP contribution in [0.5, 0.6) is 11.5 Å². The Kier molecular flexibility index (Phi) is 4.83. The van der Waals surface area contributed by atoms with Crippen molar-refractivity contribution < 1.29 is 9.47 Å².